The highest BCUT2D eigenvalue weighted by atomic mass is 79.9. The largest absolute Gasteiger partial charge is 0.484 e. The zero-order valence-electron chi connectivity index (χ0n) is 35.3. The van der Waals surface area contributed by atoms with Crippen LogP contribution in [0.3, 0.4) is 0 Å². The molecule has 66 heavy (non-hydrogen) atoms. The van der Waals surface area contributed by atoms with Crippen LogP contribution in [-0.2, 0) is 16.0 Å². The average Bonchev–Trinajstić information content (AvgIpc) is 3.25. The third-order valence-electron chi connectivity index (χ3n) is 9.30. The van der Waals surface area contributed by atoms with Crippen LogP contribution in [0.15, 0.2) is 147 Å². The van der Waals surface area contributed by atoms with Gasteiger partial charge in [-0.2, -0.15) is 31.3 Å². The van der Waals surface area contributed by atoms with Gasteiger partial charge in [-0.1, -0.05) is 139 Å². The quantitative estimate of drug-likeness (QED) is 0.0490. The van der Waals surface area contributed by atoms with Crippen molar-refractivity contribution in [1.29, 1.82) is 0 Å². The molecule has 6 rings (SSSR count). The Kier molecular flexibility index (Phi) is 20.6. The second-order valence-corrected chi connectivity index (χ2v) is 17.3. The Bertz CT molecular complexity index is 2560. The molecule has 0 aromatic heterocycles. The van der Waals surface area contributed by atoms with E-state index in [1.807, 2.05) is 50.2 Å². The van der Waals surface area contributed by atoms with Crippen molar-refractivity contribution in [2.45, 2.75) is 70.5 Å². The minimum absolute atomic E-state index is 0.147. The van der Waals surface area contributed by atoms with E-state index in [4.69, 9.17) is 38.4 Å². The first-order chi connectivity index (χ1) is 31.2. The zero-order chi connectivity index (χ0) is 48.4. The van der Waals surface area contributed by atoms with Crippen LogP contribution in [0, 0.1) is 13.8 Å². The number of aryl methyl sites for hydroxylation is 2. The molecule has 7 nitrogen and oxygen atoms in total. The predicted octanol–water partition coefficient (Wildman–Crippen LogP) is 16.2. The molecule has 2 atom stereocenters. The molecule has 0 heterocycles. The standard InChI is InChI=1S/C25H22BrClF3NO2.C16H14BrClF3NO.C8H7NO/c1-16-6-8-17(9-7-16)14-24(32)31-21-15-18(26)10-11-23(21)33-22(12-13-25(28,29)30)19-4-2-3-5-20(19)27;17-10-5-6-15(13(22)9-10)23-14(7-8-16(19,20)21)11-3-1-2-4-12(11)18;1-7-2-4-8(5-3-7)9-6-10/h2-11,15,22H,12-14H2,1H3,(H,31,32);1-6,9,14H,7-8,22H2;2-5H,1H3. The van der Waals surface area contributed by atoms with E-state index in [2.05, 4.69) is 42.2 Å². The van der Waals surface area contributed by atoms with Gasteiger partial charge in [-0.25, -0.2) is 4.79 Å². The molecule has 0 aliphatic carbocycles. The number of hydrogen-bond donors (Lipinski definition) is 2. The van der Waals surface area contributed by atoms with Crippen LogP contribution in [0.4, 0.5) is 43.4 Å². The maximum atomic E-state index is 13.0. The Hall–Kier alpha value is -5.31. The lowest BCUT2D eigenvalue weighted by Crippen LogP contribution is -2.17. The van der Waals surface area contributed by atoms with Crippen LogP contribution in [0.2, 0.25) is 10.0 Å². The van der Waals surface area contributed by atoms with Gasteiger partial charge in [0, 0.05) is 43.0 Å². The van der Waals surface area contributed by atoms with Crippen molar-refractivity contribution in [3.05, 3.63) is 180 Å². The number of halogens is 10. The van der Waals surface area contributed by atoms with Crippen LogP contribution < -0.4 is 20.5 Å². The van der Waals surface area contributed by atoms with Gasteiger partial charge in [0.1, 0.15) is 23.7 Å². The number of nitrogens with two attached hydrogens (primary N) is 1. The minimum Gasteiger partial charge on any atom is -0.484 e. The Morgan fingerprint density at radius 1 is 0.682 bits per heavy atom. The van der Waals surface area contributed by atoms with Crippen LogP contribution >= 0.6 is 55.1 Å². The highest BCUT2D eigenvalue weighted by Crippen LogP contribution is 2.39. The van der Waals surface area contributed by atoms with Crippen LogP contribution in [0.1, 0.15) is 65.7 Å². The van der Waals surface area contributed by atoms with Crippen LogP contribution in [0.5, 0.6) is 11.5 Å². The number of isocyanates is 1. The second kappa shape index (κ2) is 25.6. The van der Waals surface area contributed by atoms with Crippen LogP contribution in [0.25, 0.3) is 0 Å². The summed E-state index contributed by atoms with van der Waals surface area (Å²) in [6.45, 7) is 3.94. The van der Waals surface area contributed by atoms with E-state index in [1.165, 1.54) is 6.08 Å². The van der Waals surface area contributed by atoms with E-state index >= 15 is 0 Å². The average molecular weight is 1080 g/mol. The van der Waals surface area contributed by atoms with E-state index in [1.54, 1.807) is 97.1 Å². The number of amides is 1. The van der Waals surface area contributed by atoms with E-state index < -0.39 is 37.4 Å². The summed E-state index contributed by atoms with van der Waals surface area (Å²) in [7, 11) is 0. The first kappa shape index (κ1) is 53.3. The highest BCUT2D eigenvalue weighted by Gasteiger charge is 2.32. The van der Waals surface area contributed by atoms with E-state index in [-0.39, 0.29) is 30.9 Å². The van der Waals surface area contributed by atoms with E-state index in [0.29, 0.717) is 48.5 Å². The van der Waals surface area contributed by atoms with E-state index in [9.17, 15) is 35.9 Å². The fourth-order valence-corrected chi connectivity index (χ4v) is 7.27. The third-order valence-corrected chi connectivity index (χ3v) is 11.0. The van der Waals surface area contributed by atoms with Crippen molar-refractivity contribution in [2.75, 3.05) is 11.1 Å². The SMILES string of the molecule is Cc1ccc(CC(=O)Nc2cc(Br)ccc2OC(CCC(F)(F)F)c2ccccc2Cl)cc1.Cc1ccc(N=C=O)cc1.Nc1cc(Br)ccc1OC(CCC(F)(F)F)c1ccccc1Cl. The van der Waals surface area contributed by atoms with Crippen molar-refractivity contribution in [3.8, 4) is 11.5 Å². The number of rotatable bonds is 14. The number of carbonyl (C=O) groups is 1. The van der Waals surface area contributed by atoms with Gasteiger partial charge in [0.2, 0.25) is 12.0 Å². The molecule has 0 radical (unpaired) electrons. The summed E-state index contributed by atoms with van der Waals surface area (Å²) < 4.78 is 89.8. The summed E-state index contributed by atoms with van der Waals surface area (Å²) >= 11 is 19.0. The second-order valence-electron chi connectivity index (χ2n) is 14.6. The molecule has 6 aromatic rings. The Morgan fingerprint density at radius 2 is 1.14 bits per heavy atom. The summed E-state index contributed by atoms with van der Waals surface area (Å²) in [6, 6.07) is 38.1. The molecule has 2 unspecified atom stereocenters. The van der Waals surface area contributed by atoms with E-state index in [0.717, 1.165) is 21.2 Å². The van der Waals surface area contributed by atoms with Crippen molar-refractivity contribution in [1.82, 2.24) is 0 Å². The molecular weight excluding hydrogens is 1040 g/mol. The molecule has 0 saturated heterocycles. The fourth-order valence-electron chi connectivity index (χ4n) is 6.01. The molecule has 6 aromatic carbocycles. The minimum atomic E-state index is -4.34. The lowest BCUT2D eigenvalue weighted by atomic mass is 10.0. The molecule has 1 amide bonds. The maximum Gasteiger partial charge on any atom is 0.389 e. The summed E-state index contributed by atoms with van der Waals surface area (Å²) in [5.74, 6) is 0.300. The number of hydrogen-bond acceptors (Lipinski definition) is 6. The van der Waals surface area contributed by atoms with Gasteiger partial charge in [-0.15, -0.1) is 0 Å². The number of nitrogen functional groups attached to an aromatic ring is 1. The van der Waals surface area contributed by atoms with Crippen molar-refractivity contribution in [2.24, 2.45) is 4.99 Å². The van der Waals surface area contributed by atoms with Crippen LogP contribution in [-0.4, -0.2) is 24.3 Å². The summed E-state index contributed by atoms with van der Waals surface area (Å²) in [5.41, 5.74) is 11.2. The van der Waals surface area contributed by atoms with Gasteiger partial charge in [-0.3, -0.25) is 4.79 Å². The molecule has 0 aliphatic heterocycles. The molecule has 0 fully saturated rings. The van der Waals surface area contributed by atoms with Crippen molar-refractivity contribution in [3.63, 3.8) is 0 Å². The molecule has 0 bridgehead atoms. The van der Waals surface area contributed by atoms with Gasteiger partial charge in [0.15, 0.2) is 0 Å². The summed E-state index contributed by atoms with van der Waals surface area (Å²) in [5, 5.41) is 3.48. The zero-order valence-corrected chi connectivity index (χ0v) is 40.0. The molecule has 17 heteroatoms. The van der Waals surface area contributed by atoms with Crippen molar-refractivity contribution >= 4 is 84.1 Å². The number of benzene rings is 6. The highest BCUT2D eigenvalue weighted by molar-refractivity contribution is 9.10. The molecular formula is C49H43Br2Cl2F6N3O4. The third kappa shape index (κ3) is 18.9. The number of anilines is 2. The Morgan fingerprint density at radius 3 is 1.61 bits per heavy atom. The lowest BCUT2D eigenvalue weighted by Gasteiger charge is -2.23. The Labute approximate surface area is 405 Å². The first-order valence-electron chi connectivity index (χ1n) is 20.0. The number of aliphatic imine (C=N–C) groups is 1. The van der Waals surface area contributed by atoms with Gasteiger partial charge in [-0.05, 0) is 92.9 Å². The number of alkyl halides is 6. The van der Waals surface area contributed by atoms with Gasteiger partial charge in [0.05, 0.1) is 23.5 Å². The Balaban J connectivity index is 0.000000248. The monoisotopic (exact) mass is 1080 g/mol. The topological polar surface area (TPSA) is 103 Å². The predicted molar refractivity (Wildman–Crippen MR) is 255 cm³/mol. The number of carbonyl (C=O) groups excluding carboxylic acids is 2. The molecule has 0 saturated carbocycles. The molecule has 0 aliphatic rings. The summed E-state index contributed by atoms with van der Waals surface area (Å²) in [4.78, 5) is 25.9. The smallest absolute Gasteiger partial charge is 0.389 e. The lowest BCUT2D eigenvalue weighted by molar-refractivity contribution is -0.140. The fraction of sp³-hybridized carbons (Fsp3) is 0.224. The maximum absolute atomic E-state index is 13.0. The number of nitrogens with one attached hydrogen (secondary N) is 1. The first-order valence-corrected chi connectivity index (χ1v) is 22.3. The molecule has 348 valence electrons. The normalized spacial score (nSPS) is 11.9. The van der Waals surface area contributed by atoms with Gasteiger partial charge < -0.3 is 20.5 Å². The number of ether oxygens (including phenoxy) is 2. The van der Waals surface area contributed by atoms with Gasteiger partial charge in [0.25, 0.3) is 0 Å². The van der Waals surface area contributed by atoms with Crippen molar-refractivity contribution < 1.29 is 45.4 Å². The molecule has 0 spiro atoms. The molecule has 3 N–H and O–H groups in total. The van der Waals surface area contributed by atoms with Gasteiger partial charge >= 0.3 is 12.4 Å². The number of nitrogens with zero attached hydrogens (tertiary/aromatic N) is 1. The summed E-state index contributed by atoms with van der Waals surface area (Å²) in [6.07, 6.45) is -11.3.